The van der Waals surface area contributed by atoms with Gasteiger partial charge in [-0.05, 0) is 31.5 Å². The third-order valence-corrected chi connectivity index (χ3v) is 2.07. The first-order valence-corrected chi connectivity index (χ1v) is 4.14. The van der Waals surface area contributed by atoms with Crippen molar-refractivity contribution in [3.63, 3.8) is 0 Å². The zero-order valence-corrected chi connectivity index (χ0v) is 8.13. The Hall–Kier alpha value is -1.31. The molecule has 0 heterocycles. The van der Waals surface area contributed by atoms with E-state index < -0.39 is 5.41 Å². The highest BCUT2D eigenvalue weighted by Gasteiger charge is 2.20. The SMILES string of the molecule is COc1ccc(C(C)(C)[C]=O)cc1. The Balaban J connectivity index is 2.98. The van der Waals surface area contributed by atoms with Crippen molar-refractivity contribution in [1.29, 1.82) is 0 Å². The Morgan fingerprint density at radius 1 is 1.23 bits per heavy atom. The van der Waals surface area contributed by atoms with E-state index in [1.54, 1.807) is 7.11 Å². The summed E-state index contributed by atoms with van der Waals surface area (Å²) in [6, 6.07) is 7.44. The molecular formula is C11H13O2. The first kappa shape index (κ1) is 9.78. The minimum atomic E-state index is -0.535. The maximum absolute atomic E-state index is 10.6. The molecule has 69 valence electrons. The van der Waals surface area contributed by atoms with Crippen LogP contribution in [0, 0.1) is 0 Å². The maximum atomic E-state index is 10.6. The first-order valence-electron chi connectivity index (χ1n) is 4.14. The van der Waals surface area contributed by atoms with E-state index in [4.69, 9.17) is 4.74 Å². The summed E-state index contributed by atoms with van der Waals surface area (Å²) in [5, 5.41) is 0. The molecule has 0 atom stereocenters. The molecule has 0 saturated carbocycles. The smallest absolute Gasteiger partial charge is 0.209 e. The van der Waals surface area contributed by atoms with Crippen molar-refractivity contribution in [3.05, 3.63) is 29.8 Å². The van der Waals surface area contributed by atoms with Crippen molar-refractivity contribution in [2.45, 2.75) is 19.3 Å². The van der Waals surface area contributed by atoms with Crippen molar-refractivity contribution in [2.75, 3.05) is 7.11 Å². The fourth-order valence-corrected chi connectivity index (χ4v) is 1.07. The van der Waals surface area contributed by atoms with Crippen molar-refractivity contribution in [2.24, 2.45) is 0 Å². The van der Waals surface area contributed by atoms with Gasteiger partial charge in [-0.3, -0.25) is 4.79 Å². The van der Waals surface area contributed by atoms with Crippen LogP contribution in [0.15, 0.2) is 24.3 Å². The topological polar surface area (TPSA) is 26.3 Å². The van der Waals surface area contributed by atoms with Crippen LogP contribution in [0.4, 0.5) is 0 Å². The fraction of sp³-hybridized carbons (Fsp3) is 0.364. The molecule has 2 heteroatoms. The van der Waals surface area contributed by atoms with Crippen LogP contribution >= 0.6 is 0 Å². The van der Waals surface area contributed by atoms with Gasteiger partial charge >= 0.3 is 0 Å². The molecule has 0 N–H and O–H groups in total. The van der Waals surface area contributed by atoms with Crippen LogP contribution in [-0.4, -0.2) is 13.4 Å². The molecule has 0 aliphatic carbocycles. The Labute approximate surface area is 78.5 Å². The van der Waals surface area contributed by atoms with Crippen molar-refractivity contribution in [1.82, 2.24) is 0 Å². The Bertz CT molecular complexity index is 285. The third-order valence-electron chi connectivity index (χ3n) is 2.07. The molecule has 0 aliphatic heterocycles. The summed E-state index contributed by atoms with van der Waals surface area (Å²) < 4.78 is 5.02. The van der Waals surface area contributed by atoms with Crippen LogP contribution in [0.3, 0.4) is 0 Å². The third kappa shape index (κ3) is 2.08. The molecule has 2 nitrogen and oxygen atoms in total. The lowest BCUT2D eigenvalue weighted by Gasteiger charge is -2.16. The van der Waals surface area contributed by atoms with Crippen LogP contribution in [0.1, 0.15) is 19.4 Å². The summed E-state index contributed by atoms with van der Waals surface area (Å²) in [6.45, 7) is 3.67. The highest BCUT2D eigenvalue weighted by molar-refractivity contribution is 5.67. The maximum Gasteiger partial charge on any atom is 0.209 e. The lowest BCUT2D eigenvalue weighted by atomic mass is 9.86. The van der Waals surface area contributed by atoms with E-state index >= 15 is 0 Å². The van der Waals surface area contributed by atoms with E-state index in [1.165, 1.54) is 0 Å². The van der Waals surface area contributed by atoms with Gasteiger partial charge in [-0.25, -0.2) is 0 Å². The Morgan fingerprint density at radius 2 is 1.77 bits per heavy atom. The molecule has 1 aromatic rings. The van der Waals surface area contributed by atoms with Gasteiger partial charge in [0.05, 0.1) is 12.5 Å². The second-order valence-electron chi connectivity index (χ2n) is 3.46. The van der Waals surface area contributed by atoms with Crippen LogP contribution < -0.4 is 4.74 Å². The number of ether oxygens (including phenoxy) is 1. The fourth-order valence-electron chi connectivity index (χ4n) is 1.07. The van der Waals surface area contributed by atoms with Gasteiger partial charge in [-0.2, -0.15) is 0 Å². The second kappa shape index (κ2) is 3.60. The number of methoxy groups -OCH3 is 1. The molecule has 1 aromatic carbocycles. The minimum Gasteiger partial charge on any atom is -0.497 e. The lowest BCUT2D eigenvalue weighted by Crippen LogP contribution is -2.18. The van der Waals surface area contributed by atoms with Crippen molar-refractivity contribution < 1.29 is 9.53 Å². The van der Waals surface area contributed by atoms with Gasteiger partial charge in [0.15, 0.2) is 0 Å². The van der Waals surface area contributed by atoms with Crippen LogP contribution in [0.2, 0.25) is 0 Å². The average molecular weight is 177 g/mol. The van der Waals surface area contributed by atoms with Gasteiger partial charge in [0.2, 0.25) is 6.29 Å². The average Bonchev–Trinajstić information content (AvgIpc) is 2.18. The molecule has 1 radical (unpaired) electrons. The molecule has 1 rings (SSSR count). The van der Waals surface area contributed by atoms with Gasteiger partial charge < -0.3 is 4.74 Å². The molecule has 13 heavy (non-hydrogen) atoms. The summed E-state index contributed by atoms with van der Waals surface area (Å²) in [5.74, 6) is 0.797. The highest BCUT2D eigenvalue weighted by Crippen LogP contribution is 2.22. The zero-order chi connectivity index (χ0) is 9.90. The van der Waals surface area contributed by atoms with E-state index in [0.29, 0.717) is 0 Å². The van der Waals surface area contributed by atoms with Crippen LogP contribution in [0.5, 0.6) is 5.75 Å². The molecule has 0 spiro atoms. The number of hydrogen-bond donors (Lipinski definition) is 0. The molecule has 0 fully saturated rings. The highest BCUT2D eigenvalue weighted by atomic mass is 16.5. The molecular weight excluding hydrogens is 164 g/mol. The molecule has 0 saturated heterocycles. The monoisotopic (exact) mass is 177 g/mol. The van der Waals surface area contributed by atoms with E-state index in [1.807, 2.05) is 44.4 Å². The van der Waals surface area contributed by atoms with E-state index in [9.17, 15) is 4.79 Å². The predicted molar refractivity (Wildman–Crippen MR) is 51.7 cm³/mol. The molecule has 0 unspecified atom stereocenters. The van der Waals surface area contributed by atoms with Crippen molar-refractivity contribution >= 4 is 6.29 Å². The standard InChI is InChI=1S/C11H13O2/c1-11(2,8-12)9-4-6-10(13-3)7-5-9/h4-7H,1-3H3. The van der Waals surface area contributed by atoms with Gasteiger partial charge in [0, 0.05) is 0 Å². The number of hydrogen-bond acceptors (Lipinski definition) is 2. The van der Waals surface area contributed by atoms with E-state index in [-0.39, 0.29) is 0 Å². The normalized spacial score (nSPS) is 11.0. The zero-order valence-electron chi connectivity index (χ0n) is 8.13. The largest absolute Gasteiger partial charge is 0.497 e. The molecule has 0 aliphatic rings. The van der Waals surface area contributed by atoms with Gasteiger partial charge in [-0.15, -0.1) is 0 Å². The summed E-state index contributed by atoms with van der Waals surface area (Å²) in [5.41, 5.74) is 0.412. The Morgan fingerprint density at radius 3 is 2.15 bits per heavy atom. The molecule has 0 aromatic heterocycles. The second-order valence-corrected chi connectivity index (χ2v) is 3.46. The van der Waals surface area contributed by atoms with Gasteiger partial charge in [0.1, 0.15) is 5.75 Å². The summed E-state index contributed by atoms with van der Waals surface area (Å²) >= 11 is 0. The van der Waals surface area contributed by atoms with Gasteiger partial charge in [-0.1, -0.05) is 12.1 Å². The number of benzene rings is 1. The predicted octanol–water partition coefficient (Wildman–Crippen LogP) is 2.08. The van der Waals surface area contributed by atoms with Crippen LogP contribution in [-0.2, 0) is 10.2 Å². The minimum absolute atomic E-state index is 0.535. The Kier molecular flexibility index (Phi) is 2.71. The van der Waals surface area contributed by atoms with Crippen molar-refractivity contribution in [3.8, 4) is 5.75 Å². The van der Waals surface area contributed by atoms with E-state index in [2.05, 4.69) is 0 Å². The van der Waals surface area contributed by atoms with E-state index in [0.717, 1.165) is 11.3 Å². The molecule has 0 bridgehead atoms. The van der Waals surface area contributed by atoms with Gasteiger partial charge in [0.25, 0.3) is 0 Å². The molecule has 0 amide bonds. The summed E-state index contributed by atoms with van der Waals surface area (Å²) in [7, 11) is 1.62. The quantitative estimate of drug-likeness (QED) is 0.706. The summed E-state index contributed by atoms with van der Waals surface area (Å²) in [4.78, 5) is 10.6. The number of rotatable bonds is 3. The lowest BCUT2D eigenvalue weighted by molar-refractivity contribution is 0.414. The number of carbonyl (C=O) groups excluding carboxylic acids is 1. The summed E-state index contributed by atoms with van der Waals surface area (Å²) in [6.07, 6.45) is 2.00. The van der Waals surface area contributed by atoms with Crippen LogP contribution in [0.25, 0.3) is 0 Å². The first-order chi connectivity index (χ1) is 6.10.